The normalized spacial score (nSPS) is 17.3. The van der Waals surface area contributed by atoms with Crippen molar-refractivity contribution in [2.45, 2.75) is 37.2 Å². The third-order valence-corrected chi connectivity index (χ3v) is 5.92. The molecule has 1 atom stereocenters. The van der Waals surface area contributed by atoms with Gasteiger partial charge < -0.3 is 19.5 Å². The molecular formula is C18H28N2O6S. The van der Waals surface area contributed by atoms with Gasteiger partial charge in [-0.05, 0) is 38.0 Å². The van der Waals surface area contributed by atoms with Gasteiger partial charge in [-0.2, -0.15) is 0 Å². The molecule has 1 unspecified atom stereocenters. The molecule has 9 heteroatoms. The number of amides is 1. The van der Waals surface area contributed by atoms with Gasteiger partial charge in [-0.1, -0.05) is 0 Å². The van der Waals surface area contributed by atoms with E-state index in [4.69, 9.17) is 14.2 Å². The number of sulfonamides is 1. The van der Waals surface area contributed by atoms with E-state index in [9.17, 15) is 13.2 Å². The number of ether oxygens (including phenoxy) is 3. The van der Waals surface area contributed by atoms with Crippen molar-refractivity contribution in [2.24, 2.45) is 0 Å². The van der Waals surface area contributed by atoms with Crippen LogP contribution in [0.3, 0.4) is 0 Å². The average molecular weight is 400 g/mol. The summed E-state index contributed by atoms with van der Waals surface area (Å²) in [5.74, 6) is 0.00352. The van der Waals surface area contributed by atoms with E-state index in [-0.39, 0.29) is 35.7 Å². The van der Waals surface area contributed by atoms with E-state index in [1.165, 1.54) is 20.2 Å². The van der Waals surface area contributed by atoms with Gasteiger partial charge in [-0.15, -0.1) is 0 Å². The quantitative estimate of drug-likeness (QED) is 0.603. The molecule has 1 heterocycles. The molecule has 0 aliphatic carbocycles. The van der Waals surface area contributed by atoms with Crippen molar-refractivity contribution in [1.29, 1.82) is 0 Å². The maximum Gasteiger partial charge on any atom is 0.246 e. The number of rotatable bonds is 10. The molecule has 0 bridgehead atoms. The van der Waals surface area contributed by atoms with Crippen LogP contribution in [0.2, 0.25) is 0 Å². The Hall–Kier alpha value is -1.68. The predicted octanol–water partition coefficient (Wildman–Crippen LogP) is 1.86. The summed E-state index contributed by atoms with van der Waals surface area (Å²) in [4.78, 5) is 12.1. The highest BCUT2D eigenvalue weighted by atomic mass is 32.2. The van der Waals surface area contributed by atoms with E-state index in [1.807, 2.05) is 0 Å². The largest absolute Gasteiger partial charge is 0.492 e. The Morgan fingerprint density at radius 2 is 2.15 bits per heavy atom. The molecule has 8 nitrogen and oxygen atoms in total. The first-order valence-electron chi connectivity index (χ1n) is 9.03. The van der Waals surface area contributed by atoms with Crippen molar-refractivity contribution < 1.29 is 27.4 Å². The zero-order chi connectivity index (χ0) is 19.9. The summed E-state index contributed by atoms with van der Waals surface area (Å²) in [6.07, 6.45) is 2.33. The van der Waals surface area contributed by atoms with E-state index >= 15 is 0 Å². The first-order valence-corrected chi connectivity index (χ1v) is 10.5. The van der Waals surface area contributed by atoms with Crippen LogP contribution >= 0.6 is 0 Å². The number of anilines is 1. The highest BCUT2D eigenvalue weighted by Gasteiger charge is 2.23. The minimum atomic E-state index is -3.70. The third-order valence-electron chi connectivity index (χ3n) is 4.09. The molecule has 0 spiro atoms. The monoisotopic (exact) mass is 400 g/mol. The Morgan fingerprint density at radius 3 is 2.78 bits per heavy atom. The van der Waals surface area contributed by atoms with Crippen molar-refractivity contribution in [2.75, 3.05) is 45.8 Å². The highest BCUT2D eigenvalue weighted by Crippen LogP contribution is 2.29. The molecule has 1 aromatic rings. The number of nitrogens with one attached hydrogen (secondary N) is 1. The number of hydrogen-bond donors (Lipinski definition) is 1. The standard InChI is InChI=1S/C18H28N2O6S/c1-4-25-16-8-7-14(12-17(16)27(22,23)20(2)3)19-18(21)9-11-24-13-15-6-5-10-26-15/h7-8,12,15H,4-6,9-11,13H2,1-3H3,(H,19,21). The third kappa shape index (κ3) is 6.17. The number of carbonyl (C=O) groups excluding carboxylic acids is 1. The Kier molecular flexibility index (Phi) is 8.03. The molecule has 0 saturated carbocycles. The van der Waals surface area contributed by atoms with Crippen molar-refractivity contribution in [3.63, 3.8) is 0 Å². The number of benzene rings is 1. The molecule has 1 fully saturated rings. The lowest BCUT2D eigenvalue weighted by Crippen LogP contribution is -2.23. The molecule has 2 rings (SSSR count). The second-order valence-electron chi connectivity index (χ2n) is 6.39. The Balaban J connectivity index is 1.95. The van der Waals surface area contributed by atoms with Gasteiger partial charge in [0, 0.05) is 26.4 Å². The van der Waals surface area contributed by atoms with E-state index in [2.05, 4.69) is 5.32 Å². The first-order chi connectivity index (χ1) is 12.8. The summed E-state index contributed by atoms with van der Waals surface area (Å²) >= 11 is 0. The van der Waals surface area contributed by atoms with E-state index < -0.39 is 10.0 Å². The van der Waals surface area contributed by atoms with Gasteiger partial charge >= 0.3 is 0 Å². The van der Waals surface area contributed by atoms with Crippen molar-refractivity contribution in [3.05, 3.63) is 18.2 Å². The summed E-state index contributed by atoms with van der Waals surface area (Å²) in [6, 6.07) is 4.57. The summed E-state index contributed by atoms with van der Waals surface area (Å²) < 4.78 is 42.5. The van der Waals surface area contributed by atoms with Gasteiger partial charge in [-0.3, -0.25) is 4.79 Å². The maximum atomic E-state index is 12.5. The van der Waals surface area contributed by atoms with Crippen molar-refractivity contribution in [3.8, 4) is 5.75 Å². The Bertz CT molecular complexity index is 729. The molecule has 0 radical (unpaired) electrons. The molecular weight excluding hydrogens is 372 g/mol. The summed E-state index contributed by atoms with van der Waals surface area (Å²) in [7, 11) is -0.808. The molecule has 27 heavy (non-hydrogen) atoms. The predicted molar refractivity (Wildman–Crippen MR) is 102 cm³/mol. The lowest BCUT2D eigenvalue weighted by molar-refractivity contribution is -0.117. The minimum absolute atomic E-state index is 0.0155. The van der Waals surface area contributed by atoms with Crippen molar-refractivity contribution >= 4 is 21.6 Å². The van der Waals surface area contributed by atoms with Gasteiger partial charge in [-0.25, -0.2) is 12.7 Å². The summed E-state index contributed by atoms with van der Waals surface area (Å²) in [5.41, 5.74) is 0.392. The number of carbonyl (C=O) groups is 1. The lowest BCUT2D eigenvalue weighted by atomic mass is 10.2. The van der Waals surface area contributed by atoms with Gasteiger partial charge in [0.15, 0.2) is 0 Å². The van der Waals surface area contributed by atoms with Crippen LogP contribution in [0.25, 0.3) is 0 Å². The second-order valence-corrected chi connectivity index (χ2v) is 8.51. The zero-order valence-corrected chi connectivity index (χ0v) is 16.9. The average Bonchev–Trinajstić information content (AvgIpc) is 3.13. The lowest BCUT2D eigenvalue weighted by Gasteiger charge is -2.16. The van der Waals surface area contributed by atoms with Gasteiger partial charge in [0.25, 0.3) is 0 Å². The fourth-order valence-electron chi connectivity index (χ4n) is 2.64. The van der Waals surface area contributed by atoms with Gasteiger partial charge in [0.1, 0.15) is 10.6 Å². The minimum Gasteiger partial charge on any atom is -0.492 e. The molecule has 152 valence electrons. The summed E-state index contributed by atoms with van der Waals surface area (Å²) in [6.45, 7) is 3.65. The summed E-state index contributed by atoms with van der Waals surface area (Å²) in [5, 5.41) is 2.70. The van der Waals surface area contributed by atoms with Crippen LogP contribution in [0, 0.1) is 0 Å². The molecule has 1 amide bonds. The number of hydrogen-bond acceptors (Lipinski definition) is 6. The van der Waals surface area contributed by atoms with E-state index in [1.54, 1.807) is 19.1 Å². The molecule has 1 saturated heterocycles. The van der Waals surface area contributed by atoms with Gasteiger partial charge in [0.2, 0.25) is 15.9 Å². The fraction of sp³-hybridized carbons (Fsp3) is 0.611. The van der Waals surface area contributed by atoms with Crippen LogP contribution in [0.4, 0.5) is 5.69 Å². The van der Waals surface area contributed by atoms with E-state index in [0.717, 1.165) is 23.8 Å². The van der Waals surface area contributed by atoms with Crippen LogP contribution in [0.1, 0.15) is 26.2 Å². The molecule has 1 aromatic carbocycles. The smallest absolute Gasteiger partial charge is 0.246 e. The van der Waals surface area contributed by atoms with Crippen LogP contribution in [0.15, 0.2) is 23.1 Å². The molecule has 1 aliphatic rings. The first kappa shape index (κ1) is 21.6. The van der Waals surface area contributed by atoms with Crippen LogP contribution in [-0.2, 0) is 24.3 Å². The van der Waals surface area contributed by atoms with E-state index in [0.29, 0.717) is 18.9 Å². The topological polar surface area (TPSA) is 94.2 Å². The van der Waals surface area contributed by atoms with Crippen molar-refractivity contribution in [1.82, 2.24) is 4.31 Å². The molecule has 1 aliphatic heterocycles. The second kappa shape index (κ2) is 10.0. The zero-order valence-electron chi connectivity index (χ0n) is 16.1. The Morgan fingerprint density at radius 1 is 1.37 bits per heavy atom. The van der Waals surface area contributed by atoms with Gasteiger partial charge in [0.05, 0.1) is 32.3 Å². The molecule has 0 aromatic heterocycles. The van der Waals surface area contributed by atoms with Crippen LogP contribution < -0.4 is 10.1 Å². The fourth-order valence-corrected chi connectivity index (χ4v) is 3.69. The molecule has 1 N–H and O–H groups in total. The van der Waals surface area contributed by atoms with Crippen LogP contribution in [-0.4, -0.2) is 65.3 Å². The number of nitrogens with zero attached hydrogens (tertiary/aromatic N) is 1. The SMILES string of the molecule is CCOc1ccc(NC(=O)CCOCC2CCCO2)cc1S(=O)(=O)N(C)C. The highest BCUT2D eigenvalue weighted by molar-refractivity contribution is 7.89. The maximum absolute atomic E-state index is 12.5. The Labute approximate surface area is 160 Å². The van der Waals surface area contributed by atoms with Crippen LogP contribution in [0.5, 0.6) is 5.75 Å².